The van der Waals surface area contributed by atoms with Gasteiger partial charge in [-0.3, -0.25) is 0 Å². The van der Waals surface area contributed by atoms with Crippen molar-refractivity contribution < 1.29 is 0 Å². The van der Waals surface area contributed by atoms with Crippen LogP contribution in [0.5, 0.6) is 0 Å². The summed E-state index contributed by atoms with van der Waals surface area (Å²) in [5.41, 5.74) is 6.77. The standard InChI is InChI=1S/C10H8INS2/c11-7-3-4-9(8(12)6-7)14-10-2-1-5-13-10/h1-6H,12H2. The quantitative estimate of drug-likeness (QED) is 0.662. The van der Waals surface area contributed by atoms with Crippen molar-refractivity contribution in [3.8, 4) is 0 Å². The van der Waals surface area contributed by atoms with Crippen LogP contribution in [0.2, 0.25) is 0 Å². The molecule has 4 heteroatoms. The molecular weight excluding hydrogens is 325 g/mol. The second-order valence-electron chi connectivity index (χ2n) is 2.72. The van der Waals surface area contributed by atoms with E-state index < -0.39 is 0 Å². The van der Waals surface area contributed by atoms with Crippen LogP contribution >= 0.6 is 45.7 Å². The van der Waals surface area contributed by atoms with E-state index >= 15 is 0 Å². The van der Waals surface area contributed by atoms with Gasteiger partial charge in [0.1, 0.15) is 0 Å². The minimum absolute atomic E-state index is 0.857. The van der Waals surface area contributed by atoms with Gasteiger partial charge in [0.25, 0.3) is 0 Å². The Labute approximate surface area is 105 Å². The van der Waals surface area contributed by atoms with E-state index in [9.17, 15) is 0 Å². The van der Waals surface area contributed by atoms with Crippen molar-refractivity contribution in [1.82, 2.24) is 0 Å². The summed E-state index contributed by atoms with van der Waals surface area (Å²) >= 11 is 5.72. The van der Waals surface area contributed by atoms with Crippen molar-refractivity contribution in [2.75, 3.05) is 5.73 Å². The van der Waals surface area contributed by atoms with E-state index in [4.69, 9.17) is 5.73 Å². The molecule has 1 heterocycles. The van der Waals surface area contributed by atoms with Gasteiger partial charge in [0.2, 0.25) is 0 Å². The third-order valence-corrected chi connectivity index (χ3v) is 4.48. The Kier molecular flexibility index (Phi) is 3.35. The van der Waals surface area contributed by atoms with Crippen LogP contribution in [-0.4, -0.2) is 0 Å². The minimum atomic E-state index is 0.857. The number of nitrogens with two attached hydrogens (primary N) is 1. The molecule has 0 saturated carbocycles. The first kappa shape index (κ1) is 10.3. The number of nitrogen functional groups attached to an aromatic ring is 1. The monoisotopic (exact) mass is 333 g/mol. The topological polar surface area (TPSA) is 26.0 Å². The highest BCUT2D eigenvalue weighted by molar-refractivity contribution is 14.1. The van der Waals surface area contributed by atoms with Crippen LogP contribution in [0.4, 0.5) is 5.69 Å². The van der Waals surface area contributed by atoms with Crippen LogP contribution in [0, 0.1) is 3.57 Å². The SMILES string of the molecule is Nc1cc(I)ccc1Sc1cccs1. The maximum atomic E-state index is 5.92. The Hall–Kier alpha value is -0.200. The Balaban J connectivity index is 2.25. The molecule has 0 fully saturated rings. The molecule has 14 heavy (non-hydrogen) atoms. The van der Waals surface area contributed by atoms with Gasteiger partial charge < -0.3 is 5.73 Å². The zero-order valence-corrected chi connectivity index (χ0v) is 11.0. The maximum absolute atomic E-state index is 5.92. The molecule has 0 aliphatic rings. The van der Waals surface area contributed by atoms with E-state index in [0.29, 0.717) is 0 Å². The lowest BCUT2D eigenvalue weighted by atomic mass is 10.3. The molecule has 0 amide bonds. The van der Waals surface area contributed by atoms with Gasteiger partial charge in [-0.2, -0.15) is 0 Å². The van der Waals surface area contributed by atoms with Crippen LogP contribution in [0.1, 0.15) is 0 Å². The average Bonchev–Trinajstić information content (AvgIpc) is 2.62. The molecule has 1 aromatic carbocycles. The summed E-state index contributed by atoms with van der Waals surface area (Å²) in [6, 6.07) is 10.3. The molecule has 0 atom stereocenters. The van der Waals surface area contributed by atoms with Gasteiger partial charge in [-0.1, -0.05) is 17.8 Å². The van der Waals surface area contributed by atoms with Crippen LogP contribution in [0.15, 0.2) is 44.8 Å². The molecule has 0 bridgehead atoms. The first-order valence-electron chi connectivity index (χ1n) is 4.02. The van der Waals surface area contributed by atoms with E-state index in [2.05, 4.69) is 52.2 Å². The molecular formula is C10H8INS2. The van der Waals surface area contributed by atoms with Crippen molar-refractivity contribution in [2.24, 2.45) is 0 Å². The lowest BCUT2D eigenvalue weighted by Gasteiger charge is -2.03. The number of hydrogen-bond donors (Lipinski definition) is 1. The summed E-state index contributed by atoms with van der Waals surface area (Å²) in [4.78, 5) is 1.13. The van der Waals surface area contributed by atoms with Gasteiger partial charge >= 0.3 is 0 Å². The van der Waals surface area contributed by atoms with E-state index in [1.165, 1.54) is 7.78 Å². The van der Waals surface area contributed by atoms with Crippen LogP contribution in [-0.2, 0) is 0 Å². The molecule has 2 aromatic rings. The van der Waals surface area contributed by atoms with E-state index in [1.54, 1.807) is 23.1 Å². The first-order chi connectivity index (χ1) is 6.75. The Morgan fingerprint density at radius 2 is 2.14 bits per heavy atom. The van der Waals surface area contributed by atoms with Gasteiger partial charge in [0.05, 0.1) is 4.21 Å². The van der Waals surface area contributed by atoms with Crippen molar-refractivity contribution in [1.29, 1.82) is 0 Å². The van der Waals surface area contributed by atoms with Crippen molar-refractivity contribution in [3.63, 3.8) is 0 Å². The van der Waals surface area contributed by atoms with E-state index in [1.807, 2.05) is 6.07 Å². The fraction of sp³-hybridized carbons (Fsp3) is 0. The molecule has 0 spiro atoms. The Morgan fingerprint density at radius 1 is 1.29 bits per heavy atom. The number of hydrogen-bond acceptors (Lipinski definition) is 3. The van der Waals surface area contributed by atoms with Crippen LogP contribution in [0.3, 0.4) is 0 Å². The molecule has 1 aromatic heterocycles. The number of benzene rings is 1. The largest absolute Gasteiger partial charge is 0.398 e. The summed E-state index contributed by atoms with van der Waals surface area (Å²) in [5.74, 6) is 0. The molecule has 0 aliphatic carbocycles. The molecule has 2 N–H and O–H groups in total. The number of anilines is 1. The smallest absolute Gasteiger partial charge is 0.0647 e. The van der Waals surface area contributed by atoms with Crippen molar-refractivity contribution in [3.05, 3.63) is 39.3 Å². The number of thiophene rings is 1. The number of halogens is 1. The van der Waals surface area contributed by atoms with Crippen LogP contribution < -0.4 is 5.73 Å². The maximum Gasteiger partial charge on any atom is 0.0647 e. The van der Waals surface area contributed by atoms with Gasteiger partial charge in [-0.25, -0.2) is 0 Å². The minimum Gasteiger partial charge on any atom is -0.398 e. The highest BCUT2D eigenvalue weighted by Gasteiger charge is 2.02. The predicted octanol–water partition coefficient (Wildman–Crippen LogP) is 4.09. The second kappa shape index (κ2) is 4.55. The van der Waals surface area contributed by atoms with Crippen LogP contribution in [0.25, 0.3) is 0 Å². The van der Waals surface area contributed by atoms with Crippen molar-refractivity contribution >= 4 is 51.4 Å². The third-order valence-electron chi connectivity index (χ3n) is 1.68. The summed E-state index contributed by atoms with van der Waals surface area (Å²) in [6.45, 7) is 0. The normalized spacial score (nSPS) is 10.4. The van der Waals surface area contributed by atoms with Gasteiger partial charge in [-0.05, 0) is 52.2 Å². The molecule has 0 aliphatic heterocycles. The lowest BCUT2D eigenvalue weighted by molar-refractivity contribution is 1.43. The summed E-state index contributed by atoms with van der Waals surface area (Å²) in [5, 5.41) is 2.07. The second-order valence-corrected chi connectivity index (χ2v) is 6.25. The van der Waals surface area contributed by atoms with Gasteiger partial charge in [0.15, 0.2) is 0 Å². The predicted molar refractivity (Wildman–Crippen MR) is 72.0 cm³/mol. The zero-order valence-electron chi connectivity index (χ0n) is 7.24. The van der Waals surface area contributed by atoms with E-state index in [0.717, 1.165) is 10.6 Å². The van der Waals surface area contributed by atoms with Gasteiger partial charge in [0, 0.05) is 14.2 Å². The molecule has 0 unspecified atom stereocenters. The van der Waals surface area contributed by atoms with Gasteiger partial charge in [-0.15, -0.1) is 11.3 Å². The third kappa shape index (κ3) is 2.43. The first-order valence-corrected chi connectivity index (χ1v) is 6.79. The highest BCUT2D eigenvalue weighted by atomic mass is 127. The van der Waals surface area contributed by atoms with E-state index in [-0.39, 0.29) is 0 Å². The zero-order chi connectivity index (χ0) is 9.97. The number of rotatable bonds is 2. The molecule has 0 radical (unpaired) electrons. The molecule has 1 nitrogen and oxygen atoms in total. The Morgan fingerprint density at radius 3 is 2.79 bits per heavy atom. The fourth-order valence-electron chi connectivity index (χ4n) is 1.04. The summed E-state index contributed by atoms with van der Waals surface area (Å²) < 4.78 is 2.45. The summed E-state index contributed by atoms with van der Waals surface area (Å²) in [6.07, 6.45) is 0. The molecule has 72 valence electrons. The Bertz CT molecular complexity index is 426. The van der Waals surface area contributed by atoms with Crippen molar-refractivity contribution in [2.45, 2.75) is 9.10 Å². The summed E-state index contributed by atoms with van der Waals surface area (Å²) in [7, 11) is 0. The molecule has 2 rings (SSSR count). The lowest BCUT2D eigenvalue weighted by Crippen LogP contribution is -1.88. The fourth-order valence-corrected chi connectivity index (χ4v) is 3.31. The average molecular weight is 333 g/mol. The highest BCUT2D eigenvalue weighted by Crippen LogP contribution is 2.35. The molecule has 0 saturated heterocycles.